The number of sulfone groups is 1. The Balaban J connectivity index is 1.95. The van der Waals surface area contributed by atoms with Crippen LogP contribution in [0, 0.1) is 0 Å². The SMILES string of the molecule is CCN(CC)C(=O)CSc1nnc(S[C@H]2CCC[C@H](S(C)(=O)=O)C2)n1N. The molecule has 0 bridgehead atoms. The van der Waals surface area contributed by atoms with Crippen molar-refractivity contribution in [1.82, 2.24) is 19.8 Å². The van der Waals surface area contributed by atoms with Gasteiger partial charge >= 0.3 is 0 Å². The second-order valence-electron chi connectivity index (χ2n) is 6.35. The lowest BCUT2D eigenvalue weighted by molar-refractivity contribution is -0.127. The van der Waals surface area contributed by atoms with Gasteiger partial charge in [0.05, 0.1) is 11.0 Å². The van der Waals surface area contributed by atoms with Crippen molar-refractivity contribution in [3.8, 4) is 0 Å². The van der Waals surface area contributed by atoms with Gasteiger partial charge in [0, 0.05) is 24.6 Å². The third-order valence-electron chi connectivity index (χ3n) is 4.53. The van der Waals surface area contributed by atoms with E-state index in [1.807, 2.05) is 13.8 Å². The van der Waals surface area contributed by atoms with Gasteiger partial charge in [-0.05, 0) is 33.1 Å². The van der Waals surface area contributed by atoms with Crippen molar-refractivity contribution in [2.75, 3.05) is 30.9 Å². The lowest BCUT2D eigenvalue weighted by atomic mass is 10.00. The molecular weight excluding hydrogens is 394 g/mol. The fourth-order valence-electron chi connectivity index (χ4n) is 2.98. The number of nitrogens with two attached hydrogens (primary N) is 1. The summed E-state index contributed by atoms with van der Waals surface area (Å²) in [5, 5.41) is 9.10. The summed E-state index contributed by atoms with van der Waals surface area (Å²) in [6.45, 7) is 5.24. The lowest BCUT2D eigenvalue weighted by Gasteiger charge is -2.26. The van der Waals surface area contributed by atoms with Crippen LogP contribution in [0.5, 0.6) is 0 Å². The quantitative estimate of drug-likeness (QED) is 0.495. The zero-order valence-corrected chi connectivity index (χ0v) is 17.9. The van der Waals surface area contributed by atoms with Gasteiger partial charge in [-0.3, -0.25) is 4.79 Å². The summed E-state index contributed by atoms with van der Waals surface area (Å²) >= 11 is 2.74. The summed E-state index contributed by atoms with van der Waals surface area (Å²) in [4.78, 5) is 13.8. The van der Waals surface area contributed by atoms with Crippen LogP contribution in [-0.2, 0) is 14.6 Å². The van der Waals surface area contributed by atoms with Crippen LogP contribution in [0.4, 0.5) is 0 Å². The predicted molar refractivity (Wildman–Crippen MR) is 106 cm³/mol. The summed E-state index contributed by atoms with van der Waals surface area (Å²) in [6, 6.07) is 0. The van der Waals surface area contributed by atoms with Gasteiger partial charge < -0.3 is 10.7 Å². The van der Waals surface area contributed by atoms with E-state index in [1.165, 1.54) is 34.5 Å². The summed E-state index contributed by atoms with van der Waals surface area (Å²) < 4.78 is 25.0. The van der Waals surface area contributed by atoms with Gasteiger partial charge in [0.15, 0.2) is 0 Å². The van der Waals surface area contributed by atoms with Crippen molar-refractivity contribution < 1.29 is 13.2 Å². The molecule has 0 aromatic carbocycles. The van der Waals surface area contributed by atoms with Crippen molar-refractivity contribution in [1.29, 1.82) is 0 Å². The first kappa shape index (κ1) is 21.4. The zero-order valence-electron chi connectivity index (χ0n) is 15.4. The topological polar surface area (TPSA) is 111 Å². The predicted octanol–water partition coefficient (Wildman–Crippen LogP) is 1.40. The van der Waals surface area contributed by atoms with E-state index in [1.54, 1.807) is 4.90 Å². The van der Waals surface area contributed by atoms with Gasteiger partial charge in [0.1, 0.15) is 9.84 Å². The van der Waals surface area contributed by atoms with Crippen LogP contribution in [0.15, 0.2) is 10.3 Å². The molecule has 0 saturated heterocycles. The molecule has 1 aromatic rings. The van der Waals surface area contributed by atoms with E-state index < -0.39 is 9.84 Å². The highest BCUT2D eigenvalue weighted by Gasteiger charge is 2.30. The number of hydrogen-bond acceptors (Lipinski definition) is 8. The third-order valence-corrected chi connectivity index (χ3v) is 8.35. The van der Waals surface area contributed by atoms with Gasteiger partial charge in [0.25, 0.3) is 0 Å². The maximum absolute atomic E-state index is 12.1. The van der Waals surface area contributed by atoms with Crippen molar-refractivity contribution in [3.05, 3.63) is 0 Å². The molecule has 1 aromatic heterocycles. The molecule has 0 radical (unpaired) electrons. The Bertz CT molecular complexity index is 718. The Hall–Kier alpha value is -0.940. The second kappa shape index (κ2) is 9.32. The molecule has 148 valence electrons. The standard InChI is InChI=1S/C15H27N5O3S3/c1-4-19(5-2)13(21)10-24-14-17-18-15(20(14)16)25-11-7-6-8-12(9-11)26(3,22)23/h11-12H,4-10,16H2,1-3H3/t11-,12-/m0/s1. The molecule has 2 N–H and O–H groups in total. The first-order chi connectivity index (χ1) is 12.3. The minimum atomic E-state index is -3.02. The number of nitrogens with zero attached hydrogens (tertiary/aromatic N) is 4. The zero-order chi connectivity index (χ0) is 19.3. The highest BCUT2D eigenvalue weighted by atomic mass is 32.2. The van der Waals surface area contributed by atoms with Crippen LogP contribution < -0.4 is 5.84 Å². The number of nitrogen functional groups attached to an aromatic ring is 1. The maximum atomic E-state index is 12.1. The van der Waals surface area contributed by atoms with Gasteiger partial charge in [-0.2, -0.15) is 0 Å². The minimum absolute atomic E-state index is 0.0421. The van der Waals surface area contributed by atoms with Crippen LogP contribution in [0.3, 0.4) is 0 Å². The Morgan fingerprint density at radius 3 is 2.54 bits per heavy atom. The van der Waals surface area contributed by atoms with Crippen molar-refractivity contribution >= 4 is 39.3 Å². The Morgan fingerprint density at radius 1 is 1.27 bits per heavy atom. The number of carbonyl (C=O) groups is 1. The monoisotopic (exact) mass is 421 g/mol. The summed E-state index contributed by atoms with van der Waals surface area (Å²) in [6.07, 6.45) is 4.46. The Morgan fingerprint density at radius 2 is 1.92 bits per heavy atom. The van der Waals surface area contributed by atoms with Gasteiger partial charge in [-0.15, -0.1) is 10.2 Å². The molecule has 1 heterocycles. The van der Waals surface area contributed by atoms with Crippen molar-refractivity contribution in [2.45, 2.75) is 60.3 Å². The van der Waals surface area contributed by atoms with Crippen LogP contribution >= 0.6 is 23.5 Å². The van der Waals surface area contributed by atoms with Crippen molar-refractivity contribution in [3.63, 3.8) is 0 Å². The molecule has 26 heavy (non-hydrogen) atoms. The molecule has 1 fully saturated rings. The number of hydrogen-bond donors (Lipinski definition) is 1. The number of carbonyl (C=O) groups excluding carboxylic acids is 1. The van der Waals surface area contributed by atoms with Gasteiger partial charge in [-0.1, -0.05) is 29.9 Å². The number of rotatable bonds is 8. The second-order valence-corrected chi connectivity index (χ2v) is 10.9. The molecule has 1 aliphatic rings. The first-order valence-corrected chi connectivity index (χ1v) is 12.5. The average molecular weight is 422 g/mol. The molecule has 1 amide bonds. The van der Waals surface area contributed by atoms with Crippen LogP contribution in [0.25, 0.3) is 0 Å². The normalized spacial score (nSPS) is 20.9. The molecule has 11 heteroatoms. The van der Waals surface area contributed by atoms with E-state index >= 15 is 0 Å². The maximum Gasteiger partial charge on any atom is 0.233 e. The molecule has 0 spiro atoms. The summed E-state index contributed by atoms with van der Waals surface area (Å²) in [7, 11) is -3.02. The highest BCUT2D eigenvalue weighted by molar-refractivity contribution is 8.00. The number of amides is 1. The fourth-order valence-corrected chi connectivity index (χ4v) is 6.30. The molecule has 0 unspecified atom stereocenters. The smallest absolute Gasteiger partial charge is 0.233 e. The first-order valence-electron chi connectivity index (χ1n) is 8.72. The Kier molecular flexibility index (Phi) is 7.65. The number of thioether (sulfide) groups is 2. The lowest BCUT2D eigenvalue weighted by Crippen LogP contribution is -2.32. The van der Waals surface area contributed by atoms with Crippen LogP contribution in [0.1, 0.15) is 39.5 Å². The van der Waals surface area contributed by atoms with Crippen molar-refractivity contribution in [2.24, 2.45) is 0 Å². The van der Waals surface area contributed by atoms with Crippen LogP contribution in [0.2, 0.25) is 0 Å². The molecule has 1 saturated carbocycles. The van der Waals surface area contributed by atoms with E-state index in [0.29, 0.717) is 29.8 Å². The third kappa shape index (κ3) is 5.53. The largest absolute Gasteiger partial charge is 0.343 e. The van der Waals surface area contributed by atoms with Gasteiger partial charge in [-0.25, -0.2) is 13.1 Å². The van der Waals surface area contributed by atoms with E-state index in [2.05, 4.69) is 10.2 Å². The van der Waals surface area contributed by atoms with E-state index in [-0.39, 0.29) is 22.2 Å². The minimum Gasteiger partial charge on any atom is -0.343 e. The van der Waals surface area contributed by atoms with E-state index in [9.17, 15) is 13.2 Å². The summed E-state index contributed by atoms with van der Waals surface area (Å²) in [5.74, 6) is 6.38. The van der Waals surface area contributed by atoms with Gasteiger partial charge in [0.2, 0.25) is 16.2 Å². The Labute approximate surface area is 163 Å². The summed E-state index contributed by atoms with van der Waals surface area (Å²) in [5.41, 5.74) is 0. The molecule has 0 aliphatic heterocycles. The molecule has 2 atom stereocenters. The average Bonchev–Trinajstić information content (AvgIpc) is 2.94. The molecule has 2 rings (SSSR count). The number of aromatic nitrogens is 3. The molecular formula is C15H27N5O3S3. The van der Waals surface area contributed by atoms with E-state index in [4.69, 9.17) is 5.84 Å². The fraction of sp³-hybridized carbons (Fsp3) is 0.800. The van der Waals surface area contributed by atoms with E-state index in [0.717, 1.165) is 19.3 Å². The highest BCUT2D eigenvalue weighted by Crippen LogP contribution is 2.35. The molecule has 1 aliphatic carbocycles. The molecule has 8 nitrogen and oxygen atoms in total. The van der Waals surface area contributed by atoms with Crippen LogP contribution in [-0.4, -0.2) is 69.7 Å².